The Hall–Kier alpha value is -2.29. The molecule has 1 amide bonds. The van der Waals surface area contributed by atoms with Crippen molar-refractivity contribution in [3.05, 3.63) is 47.0 Å². The molecule has 0 aliphatic carbocycles. The molecule has 2 aromatic carbocycles. The second-order valence-electron chi connectivity index (χ2n) is 6.10. The second kappa shape index (κ2) is 9.27. The van der Waals surface area contributed by atoms with Crippen LogP contribution in [0.5, 0.6) is 11.5 Å². The zero-order valence-corrected chi connectivity index (χ0v) is 17.6. The van der Waals surface area contributed by atoms with Crippen molar-refractivity contribution in [3.63, 3.8) is 0 Å². The van der Waals surface area contributed by atoms with Gasteiger partial charge in [-0.15, -0.1) is 0 Å². The van der Waals surface area contributed by atoms with E-state index in [0.29, 0.717) is 28.6 Å². The first kappa shape index (κ1) is 22.0. The number of rotatable bonds is 8. The first-order chi connectivity index (χ1) is 13.2. The largest absolute Gasteiger partial charge is 0.495 e. The molecule has 0 aliphatic rings. The third-order valence-electron chi connectivity index (χ3n) is 4.12. The summed E-state index contributed by atoms with van der Waals surface area (Å²) < 4.78 is 37.5. The number of ether oxygens (including phenoxy) is 2. The number of sulfonamides is 1. The van der Waals surface area contributed by atoms with Crippen LogP contribution in [0.2, 0.25) is 5.02 Å². The van der Waals surface area contributed by atoms with Gasteiger partial charge in [-0.05, 0) is 43.7 Å². The summed E-state index contributed by atoms with van der Waals surface area (Å²) in [5.41, 5.74) is 0.657. The molecule has 0 fully saturated rings. The van der Waals surface area contributed by atoms with Crippen molar-refractivity contribution in [1.82, 2.24) is 4.72 Å². The van der Waals surface area contributed by atoms with Gasteiger partial charge in [0.15, 0.2) is 0 Å². The summed E-state index contributed by atoms with van der Waals surface area (Å²) >= 11 is 6.11. The fourth-order valence-corrected chi connectivity index (χ4v) is 3.92. The first-order valence-corrected chi connectivity index (χ1v) is 10.4. The van der Waals surface area contributed by atoms with Crippen molar-refractivity contribution >= 4 is 33.2 Å². The smallest absolute Gasteiger partial charge is 0.255 e. The Morgan fingerprint density at radius 2 is 1.71 bits per heavy atom. The van der Waals surface area contributed by atoms with E-state index in [-0.39, 0.29) is 16.5 Å². The third kappa shape index (κ3) is 5.15. The van der Waals surface area contributed by atoms with Gasteiger partial charge in [0.2, 0.25) is 10.0 Å². The van der Waals surface area contributed by atoms with Crippen LogP contribution in [0.4, 0.5) is 5.69 Å². The molecule has 7 nitrogen and oxygen atoms in total. The maximum Gasteiger partial charge on any atom is 0.255 e. The lowest BCUT2D eigenvalue weighted by Crippen LogP contribution is -2.32. The molecule has 0 aliphatic heterocycles. The number of halogens is 1. The Morgan fingerprint density at radius 1 is 1.11 bits per heavy atom. The molecule has 0 heterocycles. The zero-order valence-electron chi connectivity index (χ0n) is 16.1. The number of hydrogen-bond acceptors (Lipinski definition) is 5. The van der Waals surface area contributed by atoms with Gasteiger partial charge in [-0.2, -0.15) is 0 Å². The molecule has 2 rings (SSSR count). The summed E-state index contributed by atoms with van der Waals surface area (Å²) in [6.45, 7) is 3.67. The van der Waals surface area contributed by atoms with Crippen molar-refractivity contribution in [2.75, 3.05) is 19.5 Å². The van der Waals surface area contributed by atoms with E-state index >= 15 is 0 Å². The summed E-state index contributed by atoms with van der Waals surface area (Å²) in [5.74, 6) is 0.366. The van der Waals surface area contributed by atoms with Crippen molar-refractivity contribution < 1.29 is 22.7 Å². The van der Waals surface area contributed by atoms with Gasteiger partial charge in [0.1, 0.15) is 11.5 Å². The topological polar surface area (TPSA) is 93.7 Å². The minimum Gasteiger partial charge on any atom is -0.495 e. The van der Waals surface area contributed by atoms with Gasteiger partial charge in [0.05, 0.1) is 29.8 Å². The molecule has 152 valence electrons. The number of nitrogens with one attached hydrogen (secondary N) is 2. The first-order valence-electron chi connectivity index (χ1n) is 8.57. The van der Waals surface area contributed by atoms with Gasteiger partial charge < -0.3 is 14.8 Å². The monoisotopic (exact) mass is 426 g/mol. The number of amides is 1. The lowest BCUT2D eigenvalue weighted by Gasteiger charge is -2.14. The van der Waals surface area contributed by atoms with Gasteiger partial charge in [-0.1, -0.05) is 18.5 Å². The van der Waals surface area contributed by atoms with Crippen LogP contribution in [-0.2, 0) is 10.0 Å². The normalized spacial score (nSPS) is 12.3. The van der Waals surface area contributed by atoms with Crippen LogP contribution >= 0.6 is 11.6 Å². The van der Waals surface area contributed by atoms with Crippen LogP contribution in [0.1, 0.15) is 30.6 Å². The summed E-state index contributed by atoms with van der Waals surface area (Å²) in [4.78, 5) is 12.6. The van der Waals surface area contributed by atoms with Crippen molar-refractivity contribution in [2.45, 2.75) is 31.2 Å². The minimum absolute atomic E-state index is 0.0921. The molecule has 9 heteroatoms. The van der Waals surface area contributed by atoms with Gasteiger partial charge >= 0.3 is 0 Å². The lowest BCUT2D eigenvalue weighted by atomic mass is 10.2. The van der Waals surface area contributed by atoms with E-state index in [9.17, 15) is 13.2 Å². The lowest BCUT2D eigenvalue weighted by molar-refractivity contribution is 0.102. The molecule has 1 unspecified atom stereocenters. The van der Waals surface area contributed by atoms with Gasteiger partial charge in [-0.25, -0.2) is 13.1 Å². The summed E-state index contributed by atoms with van der Waals surface area (Å²) in [6.07, 6.45) is 0.673. The molecule has 1 atom stereocenters. The van der Waals surface area contributed by atoms with Crippen LogP contribution in [0.3, 0.4) is 0 Å². The van der Waals surface area contributed by atoms with E-state index in [2.05, 4.69) is 10.0 Å². The van der Waals surface area contributed by atoms with Crippen molar-refractivity contribution in [3.8, 4) is 11.5 Å². The highest BCUT2D eigenvalue weighted by Gasteiger charge is 2.18. The van der Waals surface area contributed by atoms with Crippen molar-refractivity contribution in [2.24, 2.45) is 0 Å². The molecule has 0 aromatic heterocycles. The number of anilines is 1. The highest BCUT2D eigenvalue weighted by Crippen LogP contribution is 2.36. The van der Waals surface area contributed by atoms with E-state index in [1.165, 1.54) is 44.6 Å². The summed E-state index contributed by atoms with van der Waals surface area (Å²) in [6, 6.07) is 8.56. The van der Waals surface area contributed by atoms with Crippen LogP contribution in [0.25, 0.3) is 0 Å². The highest BCUT2D eigenvalue weighted by atomic mass is 35.5. The number of carbonyl (C=O) groups is 1. The Morgan fingerprint density at radius 3 is 2.25 bits per heavy atom. The standard InChI is InChI=1S/C19H23ClN2O5S/c1-5-12(2)22-28(24,25)14-8-6-13(7-9-14)19(23)21-16-10-15(20)17(26-3)11-18(16)27-4/h6-12,22H,5H2,1-4H3,(H,21,23). The third-order valence-corrected chi connectivity index (χ3v) is 6.02. The van der Waals surface area contributed by atoms with E-state index in [1.807, 2.05) is 6.92 Å². The molecular weight excluding hydrogens is 404 g/mol. The molecule has 0 saturated carbocycles. The van der Waals surface area contributed by atoms with Crippen LogP contribution in [0, 0.1) is 0 Å². The average Bonchev–Trinajstić information content (AvgIpc) is 2.67. The second-order valence-corrected chi connectivity index (χ2v) is 8.22. The van der Waals surface area contributed by atoms with E-state index in [4.69, 9.17) is 21.1 Å². The maximum atomic E-state index is 12.5. The van der Waals surface area contributed by atoms with Crippen LogP contribution < -0.4 is 19.5 Å². The molecule has 0 radical (unpaired) electrons. The Kier molecular flexibility index (Phi) is 7.29. The van der Waals surface area contributed by atoms with E-state index in [0.717, 1.165) is 0 Å². The highest BCUT2D eigenvalue weighted by molar-refractivity contribution is 7.89. The Labute approximate surface area is 170 Å². The fourth-order valence-electron chi connectivity index (χ4n) is 2.35. The molecular formula is C19H23ClN2O5S. The van der Waals surface area contributed by atoms with Gasteiger partial charge in [-0.3, -0.25) is 4.79 Å². The molecule has 0 bridgehead atoms. The number of methoxy groups -OCH3 is 2. The van der Waals surface area contributed by atoms with Crippen LogP contribution in [0.15, 0.2) is 41.3 Å². The zero-order chi connectivity index (χ0) is 20.9. The Balaban J connectivity index is 2.21. The van der Waals surface area contributed by atoms with Gasteiger partial charge in [0.25, 0.3) is 5.91 Å². The SMILES string of the molecule is CCC(C)NS(=O)(=O)c1ccc(C(=O)Nc2cc(Cl)c(OC)cc2OC)cc1. The molecule has 0 spiro atoms. The average molecular weight is 427 g/mol. The van der Waals surface area contributed by atoms with E-state index < -0.39 is 15.9 Å². The number of benzene rings is 2. The molecule has 2 N–H and O–H groups in total. The number of carbonyl (C=O) groups excluding carboxylic acids is 1. The van der Waals surface area contributed by atoms with Crippen molar-refractivity contribution in [1.29, 1.82) is 0 Å². The fraction of sp³-hybridized carbons (Fsp3) is 0.316. The molecule has 28 heavy (non-hydrogen) atoms. The molecule has 2 aromatic rings. The van der Waals surface area contributed by atoms with Crippen LogP contribution in [-0.4, -0.2) is 34.6 Å². The minimum atomic E-state index is -3.63. The maximum absolute atomic E-state index is 12.5. The predicted molar refractivity (Wildman–Crippen MR) is 109 cm³/mol. The number of hydrogen-bond donors (Lipinski definition) is 2. The van der Waals surface area contributed by atoms with Gasteiger partial charge in [0, 0.05) is 17.7 Å². The predicted octanol–water partition coefficient (Wildman–Crippen LogP) is 3.69. The quantitative estimate of drug-likeness (QED) is 0.671. The molecule has 0 saturated heterocycles. The summed E-state index contributed by atoms with van der Waals surface area (Å²) in [5, 5.41) is 3.02. The van der Waals surface area contributed by atoms with E-state index in [1.54, 1.807) is 13.0 Å². The Bertz CT molecular complexity index is 946. The summed E-state index contributed by atoms with van der Waals surface area (Å²) in [7, 11) is -0.693.